The van der Waals surface area contributed by atoms with Gasteiger partial charge in [-0.3, -0.25) is 19.0 Å². The molecule has 260 valence electrons. The first-order valence-corrected chi connectivity index (χ1v) is 18.4. The second-order valence-corrected chi connectivity index (χ2v) is 15.8. The van der Waals surface area contributed by atoms with Crippen molar-refractivity contribution in [1.29, 1.82) is 0 Å². The molecule has 16 heteroatoms. The summed E-state index contributed by atoms with van der Waals surface area (Å²) < 4.78 is 32.0. The van der Waals surface area contributed by atoms with Crippen molar-refractivity contribution in [2.75, 3.05) is 24.5 Å². The summed E-state index contributed by atoms with van der Waals surface area (Å²) in [6.45, 7) is 2.44. The molecule has 2 aromatic carbocycles. The van der Waals surface area contributed by atoms with Crippen LogP contribution in [0.15, 0.2) is 72.4 Å². The molecule has 2 aromatic heterocycles. The lowest BCUT2D eigenvalue weighted by molar-refractivity contribution is -0.137. The van der Waals surface area contributed by atoms with Crippen LogP contribution in [0.4, 0.5) is 11.6 Å². The molecule has 2 fully saturated rings. The van der Waals surface area contributed by atoms with Crippen molar-refractivity contribution in [3.63, 3.8) is 0 Å². The summed E-state index contributed by atoms with van der Waals surface area (Å²) in [6.07, 6.45) is 7.90. The quantitative estimate of drug-likeness (QED) is 0.282. The molecule has 5 heterocycles. The van der Waals surface area contributed by atoms with Gasteiger partial charge in [0.25, 0.3) is 15.9 Å². The number of carbonyl (C=O) groups is 3. The van der Waals surface area contributed by atoms with Gasteiger partial charge in [-0.2, -0.15) is 4.31 Å². The number of imidazole rings is 1. The summed E-state index contributed by atoms with van der Waals surface area (Å²) in [5.41, 5.74) is 6.82. The van der Waals surface area contributed by atoms with E-state index in [0.717, 1.165) is 16.7 Å². The van der Waals surface area contributed by atoms with Gasteiger partial charge in [0.05, 0.1) is 11.9 Å². The Bertz CT molecular complexity index is 2070. The zero-order chi connectivity index (χ0) is 35.4. The lowest BCUT2D eigenvalue weighted by Gasteiger charge is -2.34. The summed E-state index contributed by atoms with van der Waals surface area (Å²) in [6, 6.07) is 11.3. The van der Waals surface area contributed by atoms with Crippen LogP contribution >= 0.6 is 23.2 Å². The predicted octanol–water partition coefficient (Wildman–Crippen LogP) is 4.16. The summed E-state index contributed by atoms with van der Waals surface area (Å²) in [4.78, 5) is 55.6. The number of primary amides is 1. The number of amides is 3. The standard InChI is InChI=1S/C34H34Cl2N8O5S/c1-34(16-21-4-6-22(7-5-21)24-17-38-20-39-18-24)32(47)43(27-14-25(35)13-26(36)15-27)33-40-19-29(44(33)34)50(48,49)42-10-2-3-28(42)31(46)41-11-8-23(9-12-41)30(37)45/h4-7,13-15,17-20,23,28H,2-3,8-12,16H2,1H3,(H2,37,45). The molecule has 2 unspecified atom stereocenters. The highest BCUT2D eigenvalue weighted by atomic mass is 35.5. The molecule has 13 nitrogen and oxygen atoms in total. The highest BCUT2D eigenvalue weighted by Gasteiger charge is 2.53. The lowest BCUT2D eigenvalue weighted by atomic mass is 9.91. The Hall–Kier alpha value is -4.37. The third kappa shape index (κ3) is 5.93. The van der Waals surface area contributed by atoms with Crippen molar-refractivity contribution in [2.24, 2.45) is 11.7 Å². The molecular weight excluding hydrogens is 703 g/mol. The summed E-state index contributed by atoms with van der Waals surface area (Å²) >= 11 is 12.7. The van der Waals surface area contributed by atoms with E-state index in [1.165, 1.54) is 32.4 Å². The van der Waals surface area contributed by atoms with Crippen LogP contribution in [0.5, 0.6) is 0 Å². The Morgan fingerprint density at radius 3 is 2.24 bits per heavy atom. The average Bonchev–Trinajstić information content (AvgIpc) is 3.82. The van der Waals surface area contributed by atoms with Crippen molar-refractivity contribution >= 4 is 62.6 Å². The monoisotopic (exact) mass is 736 g/mol. The maximum Gasteiger partial charge on any atom is 0.261 e. The maximum absolute atomic E-state index is 14.6. The van der Waals surface area contributed by atoms with Crippen molar-refractivity contribution in [3.8, 4) is 11.1 Å². The molecule has 0 spiro atoms. The van der Waals surface area contributed by atoms with Gasteiger partial charge < -0.3 is 10.6 Å². The van der Waals surface area contributed by atoms with Crippen molar-refractivity contribution in [3.05, 3.63) is 83.0 Å². The van der Waals surface area contributed by atoms with Crippen LogP contribution in [0.2, 0.25) is 10.0 Å². The summed E-state index contributed by atoms with van der Waals surface area (Å²) in [5, 5.41) is 0.376. The van der Waals surface area contributed by atoms with Gasteiger partial charge in [-0.15, -0.1) is 0 Å². The maximum atomic E-state index is 14.6. The lowest BCUT2D eigenvalue weighted by Crippen LogP contribution is -2.51. The molecule has 0 aliphatic carbocycles. The van der Waals surface area contributed by atoms with E-state index < -0.39 is 33.4 Å². The first kappa shape index (κ1) is 34.1. The summed E-state index contributed by atoms with van der Waals surface area (Å²) in [5.74, 6) is -1.36. The van der Waals surface area contributed by atoms with E-state index in [0.29, 0.717) is 54.5 Å². The van der Waals surface area contributed by atoms with Crippen LogP contribution in [-0.4, -0.2) is 80.5 Å². The molecule has 50 heavy (non-hydrogen) atoms. The second kappa shape index (κ2) is 13.1. The number of sulfonamides is 1. The first-order valence-electron chi connectivity index (χ1n) is 16.2. The van der Waals surface area contributed by atoms with Gasteiger partial charge >= 0.3 is 0 Å². The third-order valence-corrected chi connectivity index (χ3v) is 12.1. The number of halogens is 2. The number of likely N-dealkylation sites (tertiary alicyclic amines) is 1. The van der Waals surface area contributed by atoms with E-state index in [1.807, 2.05) is 24.3 Å². The number of nitrogens with zero attached hydrogens (tertiary/aromatic N) is 7. The first-order chi connectivity index (χ1) is 23.9. The number of nitrogens with two attached hydrogens (primary N) is 1. The number of fused-ring (bicyclic) bond motifs is 1. The number of piperidine rings is 1. The second-order valence-electron chi connectivity index (χ2n) is 13.1. The summed E-state index contributed by atoms with van der Waals surface area (Å²) in [7, 11) is -4.36. The molecule has 4 aromatic rings. The number of aromatic nitrogens is 4. The molecule has 7 rings (SSSR count). The molecular formula is C34H34Cl2N8O5S. The SMILES string of the molecule is CC1(Cc2ccc(-c3cncnc3)cc2)C(=O)N(c2cc(Cl)cc(Cl)c2)c2ncc(S(=O)(=O)N3CCCC3C(=O)N3CCC(C(N)=O)CC3)n21. The number of rotatable bonds is 8. The van der Waals surface area contributed by atoms with Crippen LogP contribution in [-0.2, 0) is 36.4 Å². The molecule has 2 N–H and O–H groups in total. The van der Waals surface area contributed by atoms with E-state index in [-0.39, 0.29) is 35.8 Å². The van der Waals surface area contributed by atoms with Crippen LogP contribution in [0.25, 0.3) is 11.1 Å². The number of hydrogen-bond acceptors (Lipinski definition) is 8. The fourth-order valence-corrected chi connectivity index (χ4v) is 9.62. The molecule has 0 radical (unpaired) electrons. The Morgan fingerprint density at radius 2 is 1.60 bits per heavy atom. The van der Waals surface area contributed by atoms with Gasteiger partial charge in [0, 0.05) is 60.0 Å². The highest BCUT2D eigenvalue weighted by Crippen LogP contribution is 2.45. The van der Waals surface area contributed by atoms with E-state index in [9.17, 15) is 22.8 Å². The zero-order valence-electron chi connectivity index (χ0n) is 27.1. The topological polar surface area (TPSA) is 165 Å². The Kier molecular flexibility index (Phi) is 8.91. The Labute approximate surface area is 299 Å². The van der Waals surface area contributed by atoms with Gasteiger partial charge in [-0.25, -0.2) is 28.3 Å². The molecule has 0 bridgehead atoms. The molecule has 0 saturated carbocycles. The minimum atomic E-state index is -4.36. The van der Waals surface area contributed by atoms with Gasteiger partial charge in [0.15, 0.2) is 5.03 Å². The Morgan fingerprint density at radius 1 is 0.940 bits per heavy atom. The number of carbonyl (C=O) groups excluding carboxylic acids is 3. The Balaban J connectivity index is 1.26. The minimum Gasteiger partial charge on any atom is -0.369 e. The fraction of sp³-hybridized carbons (Fsp3) is 0.353. The number of benzene rings is 2. The number of hydrogen-bond donors (Lipinski definition) is 1. The third-order valence-electron chi connectivity index (χ3n) is 9.84. The van der Waals surface area contributed by atoms with Crippen LogP contribution < -0.4 is 10.6 Å². The molecule has 3 aliphatic rings. The number of anilines is 2. The molecule has 2 saturated heterocycles. The van der Waals surface area contributed by atoms with Crippen molar-refractivity contribution < 1.29 is 22.8 Å². The average molecular weight is 738 g/mol. The normalized spacial score (nSPS) is 21.5. The van der Waals surface area contributed by atoms with Crippen molar-refractivity contribution in [1.82, 2.24) is 28.7 Å². The molecule has 2 atom stereocenters. The van der Waals surface area contributed by atoms with E-state index >= 15 is 0 Å². The molecule has 3 aliphatic heterocycles. The van der Waals surface area contributed by atoms with Crippen LogP contribution in [0, 0.1) is 5.92 Å². The molecule has 3 amide bonds. The zero-order valence-corrected chi connectivity index (χ0v) is 29.4. The van der Waals surface area contributed by atoms with E-state index in [4.69, 9.17) is 28.9 Å². The van der Waals surface area contributed by atoms with E-state index in [2.05, 4.69) is 15.0 Å². The van der Waals surface area contributed by atoms with Crippen LogP contribution in [0.1, 0.15) is 38.2 Å². The van der Waals surface area contributed by atoms with Crippen molar-refractivity contribution in [2.45, 2.75) is 55.6 Å². The smallest absolute Gasteiger partial charge is 0.261 e. The van der Waals surface area contributed by atoms with Gasteiger partial charge in [0.2, 0.25) is 17.8 Å². The largest absolute Gasteiger partial charge is 0.369 e. The van der Waals surface area contributed by atoms with Gasteiger partial charge in [0.1, 0.15) is 17.9 Å². The van der Waals surface area contributed by atoms with Gasteiger partial charge in [-0.05, 0) is 61.9 Å². The predicted molar refractivity (Wildman–Crippen MR) is 186 cm³/mol. The van der Waals surface area contributed by atoms with E-state index in [1.54, 1.807) is 36.4 Å². The minimum absolute atomic E-state index is 0.0862. The highest BCUT2D eigenvalue weighted by molar-refractivity contribution is 7.89. The van der Waals surface area contributed by atoms with Crippen LogP contribution in [0.3, 0.4) is 0 Å². The fourth-order valence-electron chi connectivity index (χ4n) is 7.26. The van der Waals surface area contributed by atoms with Gasteiger partial charge in [-0.1, -0.05) is 47.5 Å².